The lowest BCUT2D eigenvalue weighted by Gasteiger charge is -2.43. The van der Waals surface area contributed by atoms with E-state index in [1.165, 1.54) is 6.33 Å². The third kappa shape index (κ3) is 2.77. The number of hydrogen-bond donors (Lipinski definition) is 2. The maximum Gasteiger partial charge on any atom is 0.312 e. The number of β-amino-alcohol motifs (C(OH)–C–C–N with tert-alkyl or cyclic N) is 1. The van der Waals surface area contributed by atoms with Crippen molar-refractivity contribution in [3.8, 4) is 0 Å². The average molecular weight is 311 g/mol. The summed E-state index contributed by atoms with van der Waals surface area (Å²) < 4.78 is 14.3. The van der Waals surface area contributed by atoms with Gasteiger partial charge in [0.05, 0.1) is 17.2 Å². The Morgan fingerprint density at radius 1 is 1.50 bits per heavy atom. The summed E-state index contributed by atoms with van der Waals surface area (Å²) in [4.78, 5) is 21.1. The van der Waals surface area contributed by atoms with Gasteiger partial charge in [-0.05, 0) is 19.3 Å². The standard InChI is InChI=1S/C15H22FN3O3/c1-3-5-15(14(21)22)6-7-19(8-11(15)20)13-12(16)10(4-2)17-9-18-13/h9,11,20H,3-8H2,1-2H3,(H,21,22)/t11-,15+/m1/s1. The number of nitrogens with zero attached hydrogens (tertiary/aromatic N) is 3. The van der Waals surface area contributed by atoms with Crippen molar-refractivity contribution in [1.29, 1.82) is 0 Å². The second-order valence-electron chi connectivity index (χ2n) is 5.73. The van der Waals surface area contributed by atoms with Crippen molar-refractivity contribution in [2.24, 2.45) is 5.41 Å². The number of rotatable bonds is 5. The number of aliphatic hydroxyl groups is 1. The number of carbonyl (C=O) groups is 1. The molecule has 1 fully saturated rings. The van der Waals surface area contributed by atoms with E-state index in [-0.39, 0.29) is 18.8 Å². The minimum Gasteiger partial charge on any atom is -0.481 e. The summed E-state index contributed by atoms with van der Waals surface area (Å²) in [7, 11) is 0. The fourth-order valence-electron chi connectivity index (χ4n) is 3.12. The number of halogens is 1. The van der Waals surface area contributed by atoms with Gasteiger partial charge in [0.1, 0.15) is 6.33 Å². The number of aromatic nitrogens is 2. The molecule has 7 heteroatoms. The van der Waals surface area contributed by atoms with Crippen LogP contribution in [0.2, 0.25) is 0 Å². The Morgan fingerprint density at radius 3 is 2.77 bits per heavy atom. The van der Waals surface area contributed by atoms with E-state index in [4.69, 9.17) is 0 Å². The number of aliphatic carboxylic acids is 1. The molecule has 0 bridgehead atoms. The second kappa shape index (κ2) is 6.56. The SMILES string of the molecule is CCC[C@]1(C(=O)O)CCN(c2ncnc(CC)c2F)C[C@H]1O. The number of aliphatic hydroxyl groups excluding tert-OH is 1. The zero-order chi connectivity index (χ0) is 16.3. The van der Waals surface area contributed by atoms with Crippen LogP contribution in [0, 0.1) is 11.2 Å². The number of carboxylic acid groups (broad SMARTS) is 1. The lowest BCUT2D eigenvalue weighted by atomic mass is 9.73. The van der Waals surface area contributed by atoms with Crippen molar-refractivity contribution >= 4 is 11.8 Å². The highest BCUT2D eigenvalue weighted by Gasteiger charge is 2.48. The van der Waals surface area contributed by atoms with E-state index in [0.717, 1.165) is 0 Å². The molecule has 0 aromatic carbocycles. The molecule has 2 atom stereocenters. The van der Waals surface area contributed by atoms with Crippen molar-refractivity contribution in [2.45, 2.75) is 45.6 Å². The molecule has 1 aromatic heterocycles. The van der Waals surface area contributed by atoms with Crippen LogP contribution in [0.1, 0.15) is 38.8 Å². The van der Waals surface area contributed by atoms with E-state index in [9.17, 15) is 19.4 Å². The maximum absolute atomic E-state index is 14.3. The molecule has 2 N–H and O–H groups in total. The van der Waals surface area contributed by atoms with Crippen LogP contribution in [0.4, 0.5) is 10.2 Å². The van der Waals surface area contributed by atoms with Crippen LogP contribution in [0.25, 0.3) is 0 Å². The quantitative estimate of drug-likeness (QED) is 0.859. The zero-order valence-corrected chi connectivity index (χ0v) is 12.9. The molecular weight excluding hydrogens is 289 g/mol. The fraction of sp³-hybridized carbons (Fsp3) is 0.667. The molecule has 122 valence electrons. The molecule has 0 unspecified atom stereocenters. The van der Waals surface area contributed by atoms with Crippen LogP contribution in [0.3, 0.4) is 0 Å². The van der Waals surface area contributed by atoms with Crippen molar-refractivity contribution in [3.05, 3.63) is 17.8 Å². The Balaban J connectivity index is 2.25. The molecule has 0 aliphatic carbocycles. The highest BCUT2D eigenvalue weighted by Crippen LogP contribution is 2.38. The van der Waals surface area contributed by atoms with Gasteiger partial charge < -0.3 is 15.1 Å². The third-order valence-electron chi connectivity index (χ3n) is 4.46. The highest BCUT2D eigenvalue weighted by molar-refractivity contribution is 5.76. The van der Waals surface area contributed by atoms with Gasteiger partial charge in [0.2, 0.25) is 0 Å². The first-order chi connectivity index (χ1) is 10.5. The molecule has 1 aromatic rings. The fourth-order valence-corrected chi connectivity index (χ4v) is 3.12. The Labute approximate surface area is 129 Å². The van der Waals surface area contributed by atoms with Crippen LogP contribution >= 0.6 is 0 Å². The molecule has 1 aliphatic heterocycles. The second-order valence-corrected chi connectivity index (χ2v) is 5.73. The number of anilines is 1. The van der Waals surface area contributed by atoms with E-state index >= 15 is 0 Å². The van der Waals surface area contributed by atoms with Crippen LogP contribution in [0.15, 0.2) is 6.33 Å². The Bertz CT molecular complexity index is 555. The first kappa shape index (κ1) is 16.6. The van der Waals surface area contributed by atoms with Crippen molar-refractivity contribution in [2.75, 3.05) is 18.0 Å². The van der Waals surface area contributed by atoms with Crippen LogP contribution in [-0.2, 0) is 11.2 Å². The monoisotopic (exact) mass is 311 g/mol. The third-order valence-corrected chi connectivity index (χ3v) is 4.46. The molecule has 1 aliphatic rings. The molecular formula is C15H22FN3O3. The Hall–Kier alpha value is -1.76. The van der Waals surface area contributed by atoms with Crippen LogP contribution in [-0.4, -0.2) is 45.3 Å². The summed E-state index contributed by atoms with van der Waals surface area (Å²) in [6.45, 7) is 4.10. The van der Waals surface area contributed by atoms with Gasteiger partial charge in [0.15, 0.2) is 11.6 Å². The van der Waals surface area contributed by atoms with Crippen LogP contribution in [0.5, 0.6) is 0 Å². The van der Waals surface area contributed by atoms with E-state index in [1.807, 2.05) is 6.92 Å². The molecule has 0 spiro atoms. The zero-order valence-electron chi connectivity index (χ0n) is 12.9. The molecule has 6 nitrogen and oxygen atoms in total. The topological polar surface area (TPSA) is 86.5 Å². The van der Waals surface area contributed by atoms with Gasteiger partial charge in [0, 0.05) is 13.1 Å². The minimum absolute atomic E-state index is 0.0589. The largest absolute Gasteiger partial charge is 0.481 e. The summed E-state index contributed by atoms with van der Waals surface area (Å²) in [5.41, 5.74) is -0.828. The molecule has 0 amide bonds. The van der Waals surface area contributed by atoms with E-state index in [2.05, 4.69) is 9.97 Å². The number of aryl methyl sites for hydroxylation is 1. The van der Waals surface area contributed by atoms with Gasteiger partial charge in [-0.2, -0.15) is 0 Å². The Kier molecular flexibility index (Phi) is 4.95. The van der Waals surface area contributed by atoms with Gasteiger partial charge >= 0.3 is 5.97 Å². The lowest BCUT2D eigenvalue weighted by molar-refractivity contribution is -0.159. The molecule has 0 saturated carbocycles. The normalized spacial score (nSPS) is 25.3. The van der Waals surface area contributed by atoms with Gasteiger partial charge in [-0.3, -0.25) is 4.79 Å². The Morgan fingerprint density at radius 2 is 2.23 bits per heavy atom. The molecule has 2 heterocycles. The molecule has 2 rings (SSSR count). The van der Waals surface area contributed by atoms with Gasteiger partial charge in [0.25, 0.3) is 0 Å². The maximum atomic E-state index is 14.3. The predicted molar refractivity (Wildman–Crippen MR) is 79.2 cm³/mol. The van der Waals surface area contributed by atoms with E-state index in [1.54, 1.807) is 11.8 Å². The summed E-state index contributed by atoms with van der Waals surface area (Å²) >= 11 is 0. The molecule has 1 saturated heterocycles. The van der Waals surface area contributed by atoms with Crippen molar-refractivity contribution < 1.29 is 19.4 Å². The van der Waals surface area contributed by atoms with Gasteiger partial charge in [-0.15, -0.1) is 0 Å². The number of piperidine rings is 1. The molecule has 0 radical (unpaired) electrons. The van der Waals surface area contributed by atoms with Crippen LogP contribution < -0.4 is 4.90 Å². The van der Waals surface area contributed by atoms with E-state index < -0.39 is 23.3 Å². The van der Waals surface area contributed by atoms with Crippen molar-refractivity contribution in [1.82, 2.24) is 9.97 Å². The summed E-state index contributed by atoms with van der Waals surface area (Å²) in [6.07, 6.45) is 2.04. The smallest absolute Gasteiger partial charge is 0.312 e. The molecule has 22 heavy (non-hydrogen) atoms. The average Bonchev–Trinajstić information content (AvgIpc) is 2.49. The summed E-state index contributed by atoms with van der Waals surface area (Å²) in [6, 6.07) is 0. The summed E-state index contributed by atoms with van der Waals surface area (Å²) in [5.74, 6) is -1.34. The first-order valence-corrected chi connectivity index (χ1v) is 7.62. The van der Waals surface area contributed by atoms with Gasteiger partial charge in [-0.25, -0.2) is 14.4 Å². The van der Waals surface area contributed by atoms with Gasteiger partial charge in [-0.1, -0.05) is 20.3 Å². The highest BCUT2D eigenvalue weighted by atomic mass is 19.1. The predicted octanol–water partition coefficient (Wildman–Crippen LogP) is 1.62. The number of hydrogen-bond acceptors (Lipinski definition) is 5. The summed E-state index contributed by atoms with van der Waals surface area (Å²) in [5, 5.41) is 19.9. The first-order valence-electron chi connectivity index (χ1n) is 7.62. The number of carboxylic acids is 1. The van der Waals surface area contributed by atoms with Crippen molar-refractivity contribution in [3.63, 3.8) is 0 Å². The lowest BCUT2D eigenvalue weighted by Crippen LogP contribution is -2.55. The minimum atomic E-state index is -1.15. The van der Waals surface area contributed by atoms with E-state index in [0.29, 0.717) is 31.5 Å².